The van der Waals surface area contributed by atoms with E-state index in [4.69, 9.17) is 4.74 Å². The number of carbonyl (C=O) groups excluding carboxylic acids is 2. The fourth-order valence-corrected chi connectivity index (χ4v) is 3.52. The first-order chi connectivity index (χ1) is 15.3. The molecule has 11 nitrogen and oxygen atoms in total. The van der Waals surface area contributed by atoms with Crippen LogP contribution in [-0.2, 0) is 4.79 Å². The second kappa shape index (κ2) is 9.86. The number of carbonyl (C=O) groups is 2. The Hall–Kier alpha value is -4.02. The van der Waals surface area contributed by atoms with Crippen LogP contribution in [0.2, 0.25) is 0 Å². The van der Waals surface area contributed by atoms with Gasteiger partial charge in [0.25, 0.3) is 5.69 Å². The average Bonchev–Trinajstić information content (AvgIpc) is 2.79. The van der Waals surface area contributed by atoms with Crippen LogP contribution in [0, 0.1) is 27.2 Å². The zero-order valence-electron chi connectivity index (χ0n) is 17.4. The van der Waals surface area contributed by atoms with Gasteiger partial charge in [0.2, 0.25) is 5.91 Å². The predicted octanol–water partition coefficient (Wildman–Crippen LogP) is 2.74. The van der Waals surface area contributed by atoms with Crippen molar-refractivity contribution in [1.29, 1.82) is 0 Å². The zero-order valence-corrected chi connectivity index (χ0v) is 17.4. The molecule has 0 unspecified atom stereocenters. The van der Waals surface area contributed by atoms with Crippen molar-refractivity contribution in [3.63, 3.8) is 0 Å². The Bertz CT molecular complexity index is 1050. The average molecular weight is 442 g/mol. The molecule has 32 heavy (non-hydrogen) atoms. The number of nitrogens with zero attached hydrogens (tertiary/aromatic N) is 4. The molecule has 1 aliphatic rings. The Balaban J connectivity index is 1.55. The number of nitro groups is 2. The summed E-state index contributed by atoms with van der Waals surface area (Å²) in [6, 6.07) is 8.93. The summed E-state index contributed by atoms with van der Waals surface area (Å²) in [5, 5.41) is 22.5. The van der Waals surface area contributed by atoms with E-state index < -0.39 is 9.85 Å². The SMILES string of the molecule is Cc1ccc(OCCC(=O)N2CCN(c3ccc(C=O)cc3[N+](=O)[O-])CC2)c([N+](=O)[O-])c1. The normalized spacial score (nSPS) is 13.5. The summed E-state index contributed by atoms with van der Waals surface area (Å²) in [6.45, 7) is 3.29. The lowest BCUT2D eigenvalue weighted by atomic mass is 10.1. The molecule has 0 saturated carbocycles. The first kappa shape index (κ1) is 22.7. The molecule has 2 aromatic rings. The standard InChI is InChI=1S/C21H22N4O7/c1-15-2-5-20(19(12-15)25(30)31)32-11-6-21(27)23-9-7-22(8-10-23)17-4-3-16(14-26)13-18(17)24(28)29/h2-5,12-14H,6-11H2,1H3. The predicted molar refractivity (Wildman–Crippen MR) is 115 cm³/mol. The van der Waals surface area contributed by atoms with Crippen molar-refractivity contribution in [1.82, 2.24) is 4.90 Å². The topological polar surface area (TPSA) is 136 Å². The Morgan fingerprint density at radius 1 is 1.03 bits per heavy atom. The van der Waals surface area contributed by atoms with E-state index in [1.165, 1.54) is 24.3 Å². The molecule has 2 aromatic carbocycles. The molecule has 168 valence electrons. The van der Waals surface area contributed by atoms with Crippen LogP contribution >= 0.6 is 0 Å². The number of nitro benzene ring substituents is 2. The van der Waals surface area contributed by atoms with Crippen LogP contribution < -0.4 is 9.64 Å². The maximum absolute atomic E-state index is 12.5. The number of benzene rings is 2. The highest BCUT2D eigenvalue weighted by Crippen LogP contribution is 2.30. The third-order valence-corrected chi connectivity index (χ3v) is 5.19. The maximum atomic E-state index is 12.5. The first-order valence-corrected chi connectivity index (χ1v) is 9.94. The van der Waals surface area contributed by atoms with Crippen LogP contribution in [-0.4, -0.2) is 59.7 Å². The molecule has 0 radical (unpaired) electrons. The number of aryl methyl sites for hydroxylation is 1. The van der Waals surface area contributed by atoms with Gasteiger partial charge in [-0.15, -0.1) is 0 Å². The van der Waals surface area contributed by atoms with Gasteiger partial charge in [-0.25, -0.2) is 0 Å². The third-order valence-electron chi connectivity index (χ3n) is 5.19. The molecule has 0 aromatic heterocycles. The number of aldehydes is 1. The molecule has 0 spiro atoms. The summed E-state index contributed by atoms with van der Waals surface area (Å²) < 4.78 is 5.47. The number of hydrogen-bond acceptors (Lipinski definition) is 8. The van der Waals surface area contributed by atoms with Crippen molar-refractivity contribution in [3.8, 4) is 5.75 Å². The van der Waals surface area contributed by atoms with E-state index in [-0.39, 0.29) is 41.6 Å². The van der Waals surface area contributed by atoms with Crippen LogP contribution in [0.15, 0.2) is 36.4 Å². The highest BCUT2D eigenvalue weighted by molar-refractivity contribution is 5.80. The Morgan fingerprint density at radius 2 is 1.72 bits per heavy atom. The third kappa shape index (κ3) is 5.17. The monoisotopic (exact) mass is 442 g/mol. The van der Waals surface area contributed by atoms with E-state index in [2.05, 4.69) is 0 Å². The number of hydrogen-bond donors (Lipinski definition) is 0. The van der Waals surface area contributed by atoms with Gasteiger partial charge in [-0.1, -0.05) is 6.07 Å². The van der Waals surface area contributed by atoms with Gasteiger partial charge < -0.3 is 14.5 Å². The minimum absolute atomic E-state index is 0.00157. The second-order valence-corrected chi connectivity index (χ2v) is 7.32. The van der Waals surface area contributed by atoms with Crippen LogP contribution in [0.5, 0.6) is 5.75 Å². The van der Waals surface area contributed by atoms with Crippen molar-refractivity contribution < 1.29 is 24.2 Å². The lowest BCUT2D eigenvalue weighted by molar-refractivity contribution is -0.385. The largest absolute Gasteiger partial charge is 0.486 e. The van der Waals surface area contributed by atoms with Gasteiger partial charge >= 0.3 is 5.69 Å². The molecular formula is C21H22N4O7. The van der Waals surface area contributed by atoms with E-state index in [0.717, 1.165) is 5.56 Å². The number of rotatable bonds is 8. The van der Waals surface area contributed by atoms with Crippen molar-refractivity contribution in [2.24, 2.45) is 0 Å². The molecule has 0 bridgehead atoms. The summed E-state index contributed by atoms with van der Waals surface area (Å²) in [4.78, 5) is 48.3. The van der Waals surface area contributed by atoms with E-state index >= 15 is 0 Å². The lowest BCUT2D eigenvalue weighted by Crippen LogP contribution is -2.49. The summed E-state index contributed by atoms with van der Waals surface area (Å²) in [5.41, 5.74) is 1.07. The molecule has 1 saturated heterocycles. The molecular weight excluding hydrogens is 420 g/mol. The van der Waals surface area contributed by atoms with Crippen LogP contribution in [0.25, 0.3) is 0 Å². The molecule has 0 atom stereocenters. The van der Waals surface area contributed by atoms with Gasteiger partial charge in [0, 0.05) is 43.9 Å². The Kier molecular flexibility index (Phi) is 6.98. The van der Waals surface area contributed by atoms with Gasteiger partial charge in [-0.3, -0.25) is 29.8 Å². The number of piperazine rings is 1. The van der Waals surface area contributed by atoms with Crippen LogP contribution in [0.1, 0.15) is 22.3 Å². The fourth-order valence-electron chi connectivity index (χ4n) is 3.52. The van der Waals surface area contributed by atoms with Crippen LogP contribution in [0.4, 0.5) is 17.1 Å². The molecule has 11 heteroatoms. The zero-order chi connectivity index (χ0) is 23.3. The van der Waals surface area contributed by atoms with Crippen molar-refractivity contribution in [2.75, 3.05) is 37.7 Å². The van der Waals surface area contributed by atoms with Gasteiger partial charge in [-0.2, -0.15) is 0 Å². The number of amides is 1. The minimum atomic E-state index is -0.526. The van der Waals surface area contributed by atoms with Gasteiger partial charge in [0.1, 0.15) is 12.0 Å². The molecule has 3 rings (SSSR count). The Labute approximate surface area is 183 Å². The fraction of sp³-hybridized carbons (Fsp3) is 0.333. The number of anilines is 1. The van der Waals surface area contributed by atoms with Crippen LogP contribution in [0.3, 0.4) is 0 Å². The first-order valence-electron chi connectivity index (χ1n) is 9.94. The highest BCUT2D eigenvalue weighted by Gasteiger charge is 2.26. The Morgan fingerprint density at radius 3 is 2.34 bits per heavy atom. The van der Waals surface area contributed by atoms with Crippen molar-refractivity contribution >= 4 is 29.3 Å². The van der Waals surface area contributed by atoms with Gasteiger partial charge in [-0.05, 0) is 30.7 Å². The van der Waals surface area contributed by atoms with Crippen molar-refractivity contribution in [3.05, 3.63) is 67.8 Å². The summed E-state index contributed by atoms with van der Waals surface area (Å²) in [7, 11) is 0. The molecule has 0 N–H and O–H groups in total. The minimum Gasteiger partial charge on any atom is -0.486 e. The smallest absolute Gasteiger partial charge is 0.311 e. The van der Waals surface area contributed by atoms with Gasteiger partial charge in [0.05, 0.1) is 22.9 Å². The summed E-state index contributed by atoms with van der Waals surface area (Å²) in [6.07, 6.45) is 0.611. The quantitative estimate of drug-likeness (QED) is 0.346. The van der Waals surface area contributed by atoms with Crippen molar-refractivity contribution in [2.45, 2.75) is 13.3 Å². The van der Waals surface area contributed by atoms with E-state index in [1.54, 1.807) is 24.0 Å². The number of ether oxygens (including phenoxy) is 1. The molecule has 0 aliphatic carbocycles. The highest BCUT2D eigenvalue weighted by atomic mass is 16.6. The van der Waals surface area contributed by atoms with Gasteiger partial charge in [0.15, 0.2) is 5.75 Å². The maximum Gasteiger partial charge on any atom is 0.311 e. The molecule has 1 amide bonds. The molecule has 1 fully saturated rings. The van der Waals surface area contributed by atoms with E-state index in [0.29, 0.717) is 38.2 Å². The molecule has 1 heterocycles. The van der Waals surface area contributed by atoms with E-state index in [9.17, 15) is 29.8 Å². The summed E-state index contributed by atoms with van der Waals surface area (Å²) >= 11 is 0. The summed E-state index contributed by atoms with van der Waals surface area (Å²) in [5.74, 6) is -0.0467. The lowest BCUT2D eigenvalue weighted by Gasteiger charge is -2.35. The second-order valence-electron chi connectivity index (χ2n) is 7.32. The van der Waals surface area contributed by atoms with E-state index in [1.807, 2.05) is 4.90 Å². The molecule has 1 aliphatic heterocycles.